The second-order valence-corrected chi connectivity index (χ2v) is 3.58. The van der Waals surface area contributed by atoms with E-state index in [2.05, 4.69) is 25.5 Å². The minimum Gasteiger partial charge on any atom is -0.465 e. The number of benzene rings is 1. The zero-order valence-corrected chi connectivity index (χ0v) is 10.0. The molecule has 0 bridgehead atoms. The van der Waals surface area contributed by atoms with E-state index in [9.17, 15) is 9.59 Å². The van der Waals surface area contributed by atoms with Crippen LogP contribution in [0.4, 0.5) is 11.5 Å². The third kappa shape index (κ3) is 2.68. The Balaban J connectivity index is 2.18. The van der Waals surface area contributed by atoms with E-state index in [0.717, 1.165) is 0 Å². The number of nitrogens with zero attached hydrogens (tertiary/aromatic N) is 2. The van der Waals surface area contributed by atoms with E-state index in [1.54, 1.807) is 18.2 Å². The number of aromatic amines is 1. The second kappa shape index (κ2) is 5.17. The number of nitrogen functional groups attached to an aromatic ring is 1. The fourth-order valence-corrected chi connectivity index (χ4v) is 1.44. The number of rotatable bonds is 3. The van der Waals surface area contributed by atoms with E-state index in [1.807, 2.05) is 0 Å². The molecule has 1 aromatic carbocycles. The number of H-pyrrole nitrogens is 1. The molecule has 0 atom stereocenters. The van der Waals surface area contributed by atoms with Crippen molar-refractivity contribution in [3.63, 3.8) is 0 Å². The second-order valence-electron chi connectivity index (χ2n) is 3.58. The Kier molecular flexibility index (Phi) is 3.42. The fourth-order valence-electron chi connectivity index (χ4n) is 1.44. The number of nitrogens with two attached hydrogens (primary N) is 1. The highest BCUT2D eigenvalue weighted by Crippen LogP contribution is 2.13. The van der Waals surface area contributed by atoms with E-state index < -0.39 is 11.9 Å². The molecule has 0 unspecified atom stereocenters. The molecule has 0 saturated carbocycles. The Labute approximate surface area is 107 Å². The van der Waals surface area contributed by atoms with Gasteiger partial charge >= 0.3 is 5.97 Å². The summed E-state index contributed by atoms with van der Waals surface area (Å²) in [6.07, 6.45) is 0. The first-order valence-corrected chi connectivity index (χ1v) is 5.28. The van der Waals surface area contributed by atoms with E-state index in [-0.39, 0.29) is 11.5 Å². The first-order chi connectivity index (χ1) is 9.11. The summed E-state index contributed by atoms with van der Waals surface area (Å²) in [6.45, 7) is 0. The lowest BCUT2D eigenvalue weighted by Gasteiger charge is -2.05. The van der Waals surface area contributed by atoms with Crippen molar-refractivity contribution in [2.45, 2.75) is 0 Å². The van der Waals surface area contributed by atoms with Crippen molar-refractivity contribution < 1.29 is 14.3 Å². The molecule has 8 nitrogen and oxygen atoms in total. The number of hydrogen-bond donors (Lipinski definition) is 3. The minimum absolute atomic E-state index is 0.00150. The molecule has 0 aliphatic heterocycles. The first-order valence-electron chi connectivity index (χ1n) is 5.28. The van der Waals surface area contributed by atoms with Gasteiger partial charge in [-0.15, -0.1) is 10.2 Å². The van der Waals surface area contributed by atoms with Gasteiger partial charge in [-0.05, 0) is 18.2 Å². The van der Waals surface area contributed by atoms with Gasteiger partial charge in [-0.1, -0.05) is 6.07 Å². The summed E-state index contributed by atoms with van der Waals surface area (Å²) in [7, 11) is 1.28. The van der Waals surface area contributed by atoms with E-state index in [1.165, 1.54) is 13.2 Å². The van der Waals surface area contributed by atoms with Crippen LogP contribution in [0.1, 0.15) is 20.8 Å². The van der Waals surface area contributed by atoms with Gasteiger partial charge in [0.15, 0.2) is 11.5 Å². The van der Waals surface area contributed by atoms with E-state index in [4.69, 9.17) is 5.73 Å². The SMILES string of the molecule is COC(=O)c1cccc(NC(=O)c2n[nH]nc2N)c1. The molecule has 0 saturated heterocycles. The Hall–Kier alpha value is -2.90. The Morgan fingerprint density at radius 3 is 2.79 bits per heavy atom. The lowest BCUT2D eigenvalue weighted by molar-refractivity contribution is 0.0600. The highest BCUT2D eigenvalue weighted by Gasteiger charge is 2.15. The Morgan fingerprint density at radius 1 is 1.37 bits per heavy atom. The van der Waals surface area contributed by atoms with Gasteiger partial charge < -0.3 is 15.8 Å². The quantitative estimate of drug-likeness (QED) is 0.688. The number of anilines is 2. The summed E-state index contributed by atoms with van der Waals surface area (Å²) in [4.78, 5) is 23.2. The molecular weight excluding hydrogens is 250 g/mol. The highest BCUT2D eigenvalue weighted by molar-refractivity contribution is 6.06. The molecule has 98 valence electrons. The topological polar surface area (TPSA) is 123 Å². The van der Waals surface area contributed by atoms with Crippen molar-refractivity contribution in [2.75, 3.05) is 18.2 Å². The average molecular weight is 261 g/mol. The molecule has 19 heavy (non-hydrogen) atoms. The smallest absolute Gasteiger partial charge is 0.337 e. The molecule has 0 radical (unpaired) electrons. The van der Waals surface area contributed by atoms with Crippen molar-refractivity contribution in [1.82, 2.24) is 15.4 Å². The summed E-state index contributed by atoms with van der Waals surface area (Å²) in [5.41, 5.74) is 6.20. The summed E-state index contributed by atoms with van der Waals surface area (Å²) >= 11 is 0. The lowest BCUT2D eigenvalue weighted by atomic mass is 10.2. The van der Waals surface area contributed by atoms with Crippen LogP contribution >= 0.6 is 0 Å². The first kappa shape index (κ1) is 12.6. The standard InChI is InChI=1S/C11H11N5O3/c1-19-11(18)6-3-2-4-7(5-6)13-10(17)8-9(12)15-16-14-8/h2-5H,1H3,(H,13,17)(H3,12,14,15,16). The molecule has 0 spiro atoms. The number of carbonyl (C=O) groups is 2. The zero-order valence-electron chi connectivity index (χ0n) is 10.0. The predicted octanol–water partition coefficient (Wildman–Crippen LogP) is 0.426. The van der Waals surface area contributed by atoms with Gasteiger partial charge in [0, 0.05) is 5.69 Å². The average Bonchev–Trinajstić information content (AvgIpc) is 2.84. The number of methoxy groups -OCH3 is 1. The number of ether oxygens (including phenoxy) is 1. The Bertz CT molecular complexity index is 622. The molecule has 4 N–H and O–H groups in total. The van der Waals surface area contributed by atoms with Crippen LogP contribution < -0.4 is 11.1 Å². The van der Waals surface area contributed by atoms with Gasteiger partial charge in [0.2, 0.25) is 0 Å². The molecule has 1 aromatic heterocycles. The van der Waals surface area contributed by atoms with Gasteiger partial charge in [-0.2, -0.15) is 5.21 Å². The molecule has 8 heteroatoms. The summed E-state index contributed by atoms with van der Waals surface area (Å²) < 4.78 is 4.59. The number of aromatic nitrogens is 3. The molecule has 2 rings (SSSR count). The van der Waals surface area contributed by atoms with Crippen LogP contribution in [-0.2, 0) is 4.74 Å². The van der Waals surface area contributed by atoms with Crippen LogP contribution in [0.2, 0.25) is 0 Å². The summed E-state index contributed by atoms with van der Waals surface area (Å²) in [5.74, 6) is -1.01. The molecule has 1 amide bonds. The summed E-state index contributed by atoms with van der Waals surface area (Å²) in [6, 6.07) is 6.31. The Morgan fingerprint density at radius 2 is 2.16 bits per heavy atom. The van der Waals surface area contributed by atoms with Gasteiger partial charge in [-0.25, -0.2) is 4.79 Å². The van der Waals surface area contributed by atoms with Crippen LogP contribution in [0.3, 0.4) is 0 Å². The number of hydrogen-bond acceptors (Lipinski definition) is 6. The van der Waals surface area contributed by atoms with Gasteiger partial charge in [0.25, 0.3) is 5.91 Å². The maximum atomic E-state index is 11.8. The maximum absolute atomic E-state index is 11.8. The molecule has 0 aliphatic carbocycles. The lowest BCUT2D eigenvalue weighted by Crippen LogP contribution is -2.14. The number of carbonyl (C=O) groups excluding carboxylic acids is 2. The molecule has 1 heterocycles. The minimum atomic E-state index is -0.520. The number of esters is 1. The normalized spacial score (nSPS) is 9.95. The van der Waals surface area contributed by atoms with Crippen LogP contribution in [0, 0.1) is 0 Å². The van der Waals surface area contributed by atoms with Crippen molar-refractivity contribution in [3.05, 3.63) is 35.5 Å². The third-order valence-corrected chi connectivity index (χ3v) is 2.33. The van der Waals surface area contributed by atoms with Crippen molar-refractivity contribution >= 4 is 23.4 Å². The predicted molar refractivity (Wildman–Crippen MR) is 66.5 cm³/mol. The van der Waals surface area contributed by atoms with Gasteiger partial charge in [0.1, 0.15) is 0 Å². The van der Waals surface area contributed by atoms with Crippen molar-refractivity contribution in [1.29, 1.82) is 0 Å². The highest BCUT2D eigenvalue weighted by atomic mass is 16.5. The summed E-state index contributed by atoms with van der Waals surface area (Å²) in [5, 5.41) is 12.0. The van der Waals surface area contributed by atoms with Crippen molar-refractivity contribution in [3.8, 4) is 0 Å². The number of amides is 1. The van der Waals surface area contributed by atoms with Crippen LogP contribution in [0.15, 0.2) is 24.3 Å². The third-order valence-electron chi connectivity index (χ3n) is 2.33. The molecule has 2 aromatic rings. The van der Waals surface area contributed by atoms with E-state index >= 15 is 0 Å². The molecule has 0 aliphatic rings. The van der Waals surface area contributed by atoms with Crippen molar-refractivity contribution in [2.24, 2.45) is 0 Å². The van der Waals surface area contributed by atoms with Gasteiger partial charge in [0.05, 0.1) is 12.7 Å². The number of nitrogens with one attached hydrogen (secondary N) is 2. The fraction of sp³-hybridized carbons (Fsp3) is 0.0909. The van der Waals surface area contributed by atoms with Crippen LogP contribution in [-0.4, -0.2) is 34.4 Å². The van der Waals surface area contributed by atoms with Crippen LogP contribution in [0.25, 0.3) is 0 Å². The van der Waals surface area contributed by atoms with Gasteiger partial charge in [-0.3, -0.25) is 4.79 Å². The maximum Gasteiger partial charge on any atom is 0.337 e. The molecule has 0 fully saturated rings. The monoisotopic (exact) mass is 261 g/mol. The van der Waals surface area contributed by atoms with Crippen LogP contribution in [0.5, 0.6) is 0 Å². The largest absolute Gasteiger partial charge is 0.465 e. The zero-order chi connectivity index (χ0) is 13.8. The molecular formula is C11H11N5O3. The van der Waals surface area contributed by atoms with E-state index in [0.29, 0.717) is 11.3 Å².